The Bertz CT molecular complexity index is 1130. The van der Waals surface area contributed by atoms with E-state index in [2.05, 4.69) is 4.98 Å². The van der Waals surface area contributed by atoms with Crippen LogP contribution < -0.4 is 15.4 Å². The summed E-state index contributed by atoms with van der Waals surface area (Å²) in [7, 11) is 1.58. The number of pyridine rings is 1. The lowest BCUT2D eigenvalue weighted by atomic mass is 9.93. The van der Waals surface area contributed by atoms with Crippen molar-refractivity contribution in [2.45, 2.75) is 20.0 Å². The summed E-state index contributed by atoms with van der Waals surface area (Å²) in [4.78, 5) is 19.9. The molecule has 1 aliphatic heterocycles. The number of ether oxygens (including phenoxy) is 1. The Labute approximate surface area is 179 Å². The van der Waals surface area contributed by atoms with Gasteiger partial charge in [-0.25, -0.2) is 0 Å². The topological polar surface area (TPSA) is 68.4 Å². The lowest BCUT2D eigenvalue weighted by Crippen LogP contribution is -2.24. The number of amides is 1. The van der Waals surface area contributed by atoms with Crippen molar-refractivity contribution in [1.82, 2.24) is 4.98 Å². The number of hydrogen-bond donors (Lipinski definition) is 1. The number of halogens is 2. The summed E-state index contributed by atoms with van der Waals surface area (Å²) in [5, 5.41) is 0.987. The lowest BCUT2D eigenvalue weighted by molar-refractivity contribution is 0.0996. The Morgan fingerprint density at radius 3 is 2.62 bits per heavy atom. The van der Waals surface area contributed by atoms with Crippen LogP contribution in [0, 0.1) is 6.92 Å². The zero-order valence-corrected chi connectivity index (χ0v) is 17.5. The second-order valence-corrected chi connectivity index (χ2v) is 7.61. The summed E-state index contributed by atoms with van der Waals surface area (Å²) in [6, 6.07) is 12.7. The maximum absolute atomic E-state index is 13.5. The van der Waals surface area contributed by atoms with Crippen molar-refractivity contribution in [3.8, 4) is 16.9 Å². The Kier molecular flexibility index (Phi) is 5.21. The van der Waals surface area contributed by atoms with Crippen molar-refractivity contribution < 1.29 is 9.53 Å². The molecule has 0 atom stereocenters. The Balaban J connectivity index is 1.94. The molecule has 7 heteroatoms. The lowest BCUT2D eigenvalue weighted by Gasteiger charge is -2.19. The van der Waals surface area contributed by atoms with Gasteiger partial charge in [0.05, 0.1) is 30.6 Å². The molecule has 5 nitrogen and oxygen atoms in total. The Hall–Kier alpha value is -2.60. The molecular weight excluding hydrogens is 409 g/mol. The molecule has 0 saturated heterocycles. The van der Waals surface area contributed by atoms with Crippen LogP contribution in [-0.4, -0.2) is 18.0 Å². The number of anilines is 1. The van der Waals surface area contributed by atoms with E-state index in [4.69, 9.17) is 33.7 Å². The molecule has 0 radical (unpaired) electrons. The Morgan fingerprint density at radius 2 is 1.93 bits per heavy atom. The van der Waals surface area contributed by atoms with Gasteiger partial charge in [0.2, 0.25) is 0 Å². The number of benzene rings is 2. The summed E-state index contributed by atoms with van der Waals surface area (Å²) >= 11 is 12.6. The average Bonchev–Trinajstić information content (AvgIpc) is 3.03. The number of hydrogen-bond acceptors (Lipinski definition) is 4. The number of fused-ring (bicyclic) bond motifs is 1. The van der Waals surface area contributed by atoms with Crippen LogP contribution >= 0.6 is 23.2 Å². The van der Waals surface area contributed by atoms with E-state index in [-0.39, 0.29) is 12.5 Å². The molecule has 2 N–H and O–H groups in total. The van der Waals surface area contributed by atoms with Crippen LogP contribution in [0.5, 0.6) is 5.75 Å². The van der Waals surface area contributed by atoms with Gasteiger partial charge in [0.15, 0.2) is 0 Å². The number of aryl methyl sites for hydroxylation is 1. The number of nitrogens with zero attached hydrogens (tertiary/aromatic N) is 2. The summed E-state index contributed by atoms with van der Waals surface area (Å²) in [6.07, 6.45) is 0. The van der Waals surface area contributed by atoms with Crippen molar-refractivity contribution in [1.29, 1.82) is 0 Å². The minimum atomic E-state index is -0.160. The number of nitrogens with two attached hydrogens (primary N) is 1. The molecule has 4 rings (SSSR count). The fraction of sp³-hybridized carbons (Fsp3) is 0.182. The van der Waals surface area contributed by atoms with Crippen LogP contribution in [0.15, 0.2) is 42.5 Å². The maximum atomic E-state index is 13.5. The van der Waals surface area contributed by atoms with Gasteiger partial charge in [-0.05, 0) is 36.8 Å². The van der Waals surface area contributed by atoms with E-state index in [1.807, 2.05) is 37.3 Å². The van der Waals surface area contributed by atoms with Crippen molar-refractivity contribution in [2.75, 3.05) is 12.0 Å². The van der Waals surface area contributed by atoms with Gasteiger partial charge in [-0.3, -0.25) is 14.7 Å². The summed E-state index contributed by atoms with van der Waals surface area (Å²) in [5.74, 6) is 0.461. The first-order valence-electron chi connectivity index (χ1n) is 9.09. The quantitative estimate of drug-likeness (QED) is 0.636. The van der Waals surface area contributed by atoms with E-state index in [0.29, 0.717) is 44.8 Å². The third kappa shape index (κ3) is 3.25. The van der Waals surface area contributed by atoms with Crippen molar-refractivity contribution in [2.24, 2.45) is 5.73 Å². The van der Waals surface area contributed by atoms with E-state index in [0.717, 1.165) is 16.8 Å². The Morgan fingerprint density at radius 1 is 1.17 bits per heavy atom. The van der Waals surface area contributed by atoms with Crippen molar-refractivity contribution in [3.05, 3.63) is 75.0 Å². The normalized spacial score (nSPS) is 13.0. The monoisotopic (exact) mass is 427 g/mol. The van der Waals surface area contributed by atoms with Gasteiger partial charge in [0.25, 0.3) is 5.91 Å². The molecule has 3 aromatic rings. The summed E-state index contributed by atoms with van der Waals surface area (Å²) in [5.41, 5.74) is 11.0. The minimum absolute atomic E-state index is 0.160. The molecular formula is C22H19Cl2N3O2. The van der Waals surface area contributed by atoms with Crippen LogP contribution in [0.25, 0.3) is 11.1 Å². The standard InChI is InChI=1S/C22H19Cl2N3O2/c1-12-15(10-25)20(14-8-7-13(23)9-16(14)24)21-17(26-12)11-27(22(21)28)18-5-3-4-6-19(18)29-2/h3-9H,10-11,25H2,1-2H3. The molecule has 1 aliphatic rings. The van der Waals surface area contributed by atoms with Gasteiger partial charge >= 0.3 is 0 Å². The number of para-hydroxylation sites is 2. The van der Waals surface area contributed by atoms with Gasteiger partial charge in [0.1, 0.15) is 5.75 Å². The first-order valence-corrected chi connectivity index (χ1v) is 9.84. The van der Waals surface area contributed by atoms with Gasteiger partial charge in [-0.2, -0.15) is 0 Å². The smallest absolute Gasteiger partial charge is 0.261 e. The molecule has 0 saturated carbocycles. The summed E-state index contributed by atoms with van der Waals surface area (Å²) < 4.78 is 5.45. The van der Waals surface area contributed by atoms with Gasteiger partial charge in [-0.15, -0.1) is 0 Å². The predicted octanol–water partition coefficient (Wildman–Crippen LogP) is 4.99. The molecule has 1 aromatic heterocycles. The molecule has 148 valence electrons. The van der Waals surface area contributed by atoms with E-state index < -0.39 is 0 Å². The van der Waals surface area contributed by atoms with Crippen LogP contribution in [0.1, 0.15) is 27.3 Å². The fourth-order valence-electron chi connectivity index (χ4n) is 3.79. The second-order valence-electron chi connectivity index (χ2n) is 6.76. The van der Waals surface area contributed by atoms with Gasteiger partial charge in [-0.1, -0.05) is 41.4 Å². The van der Waals surface area contributed by atoms with E-state index in [1.165, 1.54) is 0 Å². The molecule has 2 aromatic carbocycles. The first kappa shape index (κ1) is 19.7. The van der Waals surface area contributed by atoms with E-state index >= 15 is 0 Å². The second kappa shape index (κ2) is 7.67. The number of carbonyl (C=O) groups excluding carboxylic acids is 1. The van der Waals surface area contributed by atoms with Gasteiger partial charge in [0, 0.05) is 33.4 Å². The zero-order valence-electron chi connectivity index (χ0n) is 16.0. The molecule has 1 amide bonds. The number of aromatic nitrogens is 1. The highest BCUT2D eigenvalue weighted by molar-refractivity contribution is 6.36. The largest absolute Gasteiger partial charge is 0.495 e. The van der Waals surface area contributed by atoms with E-state index in [1.54, 1.807) is 24.1 Å². The number of rotatable bonds is 4. The van der Waals surface area contributed by atoms with Crippen molar-refractivity contribution >= 4 is 34.8 Å². The van der Waals surface area contributed by atoms with Crippen LogP contribution in [0.2, 0.25) is 10.0 Å². The molecule has 0 unspecified atom stereocenters. The van der Waals surface area contributed by atoms with Crippen LogP contribution in [-0.2, 0) is 13.1 Å². The van der Waals surface area contributed by atoms with Crippen LogP contribution in [0.3, 0.4) is 0 Å². The minimum Gasteiger partial charge on any atom is -0.495 e. The zero-order chi connectivity index (χ0) is 20.7. The van der Waals surface area contributed by atoms with E-state index in [9.17, 15) is 4.79 Å². The molecule has 29 heavy (non-hydrogen) atoms. The SMILES string of the molecule is COc1ccccc1N1Cc2nc(C)c(CN)c(-c3ccc(Cl)cc3Cl)c2C1=O. The molecule has 0 aliphatic carbocycles. The highest BCUT2D eigenvalue weighted by Crippen LogP contribution is 2.42. The first-order chi connectivity index (χ1) is 14.0. The molecule has 2 heterocycles. The third-order valence-corrected chi connectivity index (χ3v) is 5.68. The highest BCUT2D eigenvalue weighted by Gasteiger charge is 2.36. The molecule has 0 bridgehead atoms. The van der Waals surface area contributed by atoms with Crippen molar-refractivity contribution in [3.63, 3.8) is 0 Å². The average molecular weight is 428 g/mol. The number of methoxy groups -OCH3 is 1. The van der Waals surface area contributed by atoms with Gasteiger partial charge < -0.3 is 10.5 Å². The highest BCUT2D eigenvalue weighted by atomic mass is 35.5. The third-order valence-electron chi connectivity index (χ3n) is 5.13. The molecule has 0 spiro atoms. The predicted molar refractivity (Wildman–Crippen MR) is 116 cm³/mol. The van der Waals surface area contributed by atoms with Crippen LogP contribution in [0.4, 0.5) is 5.69 Å². The maximum Gasteiger partial charge on any atom is 0.261 e. The number of carbonyl (C=O) groups is 1. The molecule has 0 fully saturated rings. The fourth-order valence-corrected chi connectivity index (χ4v) is 4.29. The summed E-state index contributed by atoms with van der Waals surface area (Å²) in [6.45, 7) is 2.48.